The fourth-order valence-corrected chi connectivity index (χ4v) is 2.37. The number of anilines is 1. The third-order valence-electron chi connectivity index (χ3n) is 3.57. The second-order valence-corrected chi connectivity index (χ2v) is 5.63. The zero-order valence-electron chi connectivity index (χ0n) is 12.4. The summed E-state index contributed by atoms with van der Waals surface area (Å²) in [5.41, 5.74) is 0.686. The Morgan fingerprint density at radius 1 is 1.30 bits per heavy atom. The number of hydrogen-bond acceptors (Lipinski definition) is 4. The molecule has 0 heterocycles. The minimum Gasteiger partial charge on any atom is -0.385 e. The topological polar surface area (TPSA) is 79.0 Å². The second kappa shape index (κ2) is 6.90. The normalized spacial score (nSPS) is 10.9. The number of nitrogens with one attached hydrogen (secondary N) is 1. The van der Waals surface area contributed by atoms with Crippen molar-refractivity contribution in [1.29, 1.82) is 5.26 Å². The number of nitrogens with zero attached hydrogens (tertiary/aromatic N) is 2. The van der Waals surface area contributed by atoms with Crippen LogP contribution in [0.2, 0.25) is 0 Å². The van der Waals surface area contributed by atoms with Gasteiger partial charge in [0.05, 0.1) is 4.92 Å². The molecule has 0 unspecified atom stereocenters. The number of hydrogen-bond donors (Lipinski definition) is 1. The second-order valence-electron chi connectivity index (χ2n) is 5.63. The molecule has 0 aliphatic rings. The smallest absolute Gasteiger partial charge is 0.287 e. The van der Waals surface area contributed by atoms with E-state index in [1.165, 1.54) is 12.1 Å². The molecule has 0 bridgehead atoms. The zero-order valence-corrected chi connectivity index (χ0v) is 12.4. The number of benzene rings is 1. The molecule has 0 aliphatic heterocycles. The average Bonchev–Trinajstić information content (AvgIpc) is 2.37. The van der Waals surface area contributed by atoms with Crippen LogP contribution in [-0.4, -0.2) is 11.5 Å². The average molecular weight is 275 g/mol. The summed E-state index contributed by atoms with van der Waals surface area (Å²) in [5.74, 6) is 1.61. The van der Waals surface area contributed by atoms with Gasteiger partial charge in [-0.25, -0.2) is 0 Å². The molecule has 0 saturated carbocycles. The molecule has 108 valence electrons. The van der Waals surface area contributed by atoms with Gasteiger partial charge < -0.3 is 5.32 Å². The summed E-state index contributed by atoms with van der Waals surface area (Å²) in [5, 5.41) is 23.0. The minimum absolute atomic E-state index is 0.0886. The van der Waals surface area contributed by atoms with E-state index in [1.54, 1.807) is 6.07 Å². The molecule has 0 aromatic heterocycles. The number of nitro groups is 1. The Hall–Kier alpha value is -2.09. The first-order chi connectivity index (χ1) is 9.36. The van der Waals surface area contributed by atoms with Crippen LogP contribution in [0.1, 0.15) is 33.3 Å². The van der Waals surface area contributed by atoms with Gasteiger partial charge in [-0.05, 0) is 29.9 Å². The molecule has 1 aromatic carbocycles. The maximum atomic E-state index is 10.8. The molecule has 0 radical (unpaired) electrons. The van der Waals surface area contributed by atoms with E-state index < -0.39 is 4.92 Å². The van der Waals surface area contributed by atoms with Crippen LogP contribution in [0.5, 0.6) is 0 Å². The first-order valence-corrected chi connectivity index (χ1v) is 6.79. The molecule has 0 amide bonds. The van der Waals surface area contributed by atoms with Gasteiger partial charge in [0.1, 0.15) is 11.6 Å². The molecule has 0 aliphatic carbocycles. The van der Waals surface area contributed by atoms with Crippen molar-refractivity contribution in [2.24, 2.45) is 17.8 Å². The van der Waals surface area contributed by atoms with Gasteiger partial charge in [0.15, 0.2) is 0 Å². The van der Waals surface area contributed by atoms with Crippen molar-refractivity contribution in [1.82, 2.24) is 0 Å². The van der Waals surface area contributed by atoms with E-state index >= 15 is 0 Å². The third-order valence-corrected chi connectivity index (χ3v) is 3.57. The van der Waals surface area contributed by atoms with Crippen LogP contribution in [0.4, 0.5) is 11.4 Å². The Labute approximate surface area is 119 Å². The van der Waals surface area contributed by atoms with Crippen LogP contribution in [0.15, 0.2) is 18.2 Å². The molecular formula is C15H21N3O2. The molecule has 5 nitrogen and oxygen atoms in total. The summed E-state index contributed by atoms with van der Waals surface area (Å²) in [6.45, 7) is 9.52. The van der Waals surface area contributed by atoms with Crippen molar-refractivity contribution in [2.75, 3.05) is 11.9 Å². The minimum atomic E-state index is -0.534. The highest BCUT2D eigenvalue weighted by Crippen LogP contribution is 2.24. The molecule has 0 saturated heterocycles. The van der Waals surface area contributed by atoms with E-state index in [1.807, 2.05) is 6.07 Å². The summed E-state index contributed by atoms with van der Waals surface area (Å²) in [7, 11) is 0. The summed E-state index contributed by atoms with van der Waals surface area (Å²) >= 11 is 0. The lowest BCUT2D eigenvalue weighted by atomic mass is 9.85. The van der Waals surface area contributed by atoms with Crippen LogP contribution in [0, 0.1) is 39.2 Å². The Morgan fingerprint density at radius 2 is 1.90 bits per heavy atom. The molecule has 1 aromatic rings. The van der Waals surface area contributed by atoms with Crippen molar-refractivity contribution in [3.8, 4) is 6.07 Å². The van der Waals surface area contributed by atoms with Crippen LogP contribution >= 0.6 is 0 Å². The Kier molecular flexibility index (Phi) is 5.51. The molecule has 1 rings (SSSR count). The van der Waals surface area contributed by atoms with Gasteiger partial charge in [0.2, 0.25) is 0 Å². The maximum Gasteiger partial charge on any atom is 0.287 e. The van der Waals surface area contributed by atoms with Crippen molar-refractivity contribution in [3.05, 3.63) is 33.9 Å². The Bertz CT molecular complexity index is 510. The van der Waals surface area contributed by atoms with E-state index in [2.05, 4.69) is 33.0 Å². The molecule has 1 N–H and O–H groups in total. The van der Waals surface area contributed by atoms with E-state index in [-0.39, 0.29) is 11.3 Å². The predicted octanol–water partition coefficient (Wildman–Crippen LogP) is 3.81. The van der Waals surface area contributed by atoms with Gasteiger partial charge in [-0.1, -0.05) is 27.7 Å². The van der Waals surface area contributed by atoms with E-state index in [0.29, 0.717) is 17.8 Å². The summed E-state index contributed by atoms with van der Waals surface area (Å²) < 4.78 is 0. The monoisotopic (exact) mass is 275 g/mol. The standard InChI is InChI=1S/C15H21N3O2/c1-10(2)14(11(3)4)9-17-13-5-6-15(18(19)20)12(7-13)8-16/h5-7,10-11,14,17H,9H2,1-4H3. The first-order valence-electron chi connectivity index (χ1n) is 6.79. The maximum absolute atomic E-state index is 10.8. The lowest BCUT2D eigenvalue weighted by Gasteiger charge is -2.25. The quantitative estimate of drug-likeness (QED) is 0.632. The fourth-order valence-electron chi connectivity index (χ4n) is 2.37. The highest BCUT2D eigenvalue weighted by atomic mass is 16.6. The van der Waals surface area contributed by atoms with E-state index in [4.69, 9.17) is 5.26 Å². The molecule has 0 atom stereocenters. The lowest BCUT2D eigenvalue weighted by Crippen LogP contribution is -2.24. The first kappa shape index (κ1) is 16.0. The van der Waals surface area contributed by atoms with Crippen LogP contribution < -0.4 is 5.32 Å². The van der Waals surface area contributed by atoms with Gasteiger partial charge in [-0.3, -0.25) is 10.1 Å². The SMILES string of the molecule is CC(C)C(CNc1ccc([N+](=O)[O-])c(C#N)c1)C(C)C. The number of nitro benzene ring substituents is 1. The molecular weight excluding hydrogens is 254 g/mol. The molecule has 5 heteroatoms. The van der Waals surface area contributed by atoms with Crippen molar-refractivity contribution in [2.45, 2.75) is 27.7 Å². The zero-order chi connectivity index (χ0) is 15.3. The van der Waals surface area contributed by atoms with Crippen LogP contribution in [-0.2, 0) is 0 Å². The summed E-state index contributed by atoms with van der Waals surface area (Å²) in [6, 6.07) is 6.43. The largest absolute Gasteiger partial charge is 0.385 e. The van der Waals surface area contributed by atoms with Crippen molar-refractivity contribution >= 4 is 11.4 Å². The Balaban J connectivity index is 2.84. The molecule has 20 heavy (non-hydrogen) atoms. The van der Waals surface area contributed by atoms with Crippen LogP contribution in [0.3, 0.4) is 0 Å². The predicted molar refractivity (Wildman–Crippen MR) is 79.5 cm³/mol. The number of rotatable bonds is 6. The van der Waals surface area contributed by atoms with Gasteiger partial charge in [-0.2, -0.15) is 5.26 Å². The van der Waals surface area contributed by atoms with Crippen molar-refractivity contribution < 1.29 is 4.92 Å². The van der Waals surface area contributed by atoms with Gasteiger partial charge in [0.25, 0.3) is 5.69 Å². The van der Waals surface area contributed by atoms with Gasteiger partial charge >= 0.3 is 0 Å². The highest BCUT2D eigenvalue weighted by Gasteiger charge is 2.18. The van der Waals surface area contributed by atoms with E-state index in [0.717, 1.165) is 12.2 Å². The fraction of sp³-hybridized carbons (Fsp3) is 0.533. The number of nitriles is 1. The van der Waals surface area contributed by atoms with Gasteiger partial charge in [0, 0.05) is 18.3 Å². The van der Waals surface area contributed by atoms with Gasteiger partial charge in [-0.15, -0.1) is 0 Å². The highest BCUT2D eigenvalue weighted by molar-refractivity contribution is 5.58. The van der Waals surface area contributed by atoms with E-state index in [9.17, 15) is 10.1 Å². The third kappa shape index (κ3) is 3.95. The van der Waals surface area contributed by atoms with Crippen molar-refractivity contribution in [3.63, 3.8) is 0 Å². The lowest BCUT2D eigenvalue weighted by molar-refractivity contribution is -0.385. The molecule has 0 spiro atoms. The Morgan fingerprint density at radius 3 is 2.35 bits per heavy atom. The molecule has 0 fully saturated rings. The van der Waals surface area contributed by atoms with Crippen LogP contribution in [0.25, 0.3) is 0 Å². The summed E-state index contributed by atoms with van der Waals surface area (Å²) in [4.78, 5) is 10.2. The summed E-state index contributed by atoms with van der Waals surface area (Å²) in [6.07, 6.45) is 0.